The minimum Gasteiger partial charge on any atom is -0.288 e. The summed E-state index contributed by atoms with van der Waals surface area (Å²) in [6, 6.07) is 1.98. The number of nitrogens with zero attached hydrogens (tertiary/aromatic N) is 2. The summed E-state index contributed by atoms with van der Waals surface area (Å²) < 4.78 is 0. The first kappa shape index (κ1) is 7.34. The van der Waals surface area contributed by atoms with Gasteiger partial charge in [0.25, 0.3) is 0 Å². The normalized spacial score (nSPS) is 13.0. The summed E-state index contributed by atoms with van der Waals surface area (Å²) in [4.78, 5) is 5.57. The van der Waals surface area contributed by atoms with E-state index in [-0.39, 0.29) is 6.17 Å². The van der Waals surface area contributed by atoms with Gasteiger partial charge < -0.3 is 0 Å². The quantitative estimate of drug-likeness (QED) is 0.524. The van der Waals surface area contributed by atoms with Crippen molar-refractivity contribution in [1.82, 2.24) is 4.90 Å². The Morgan fingerprint density at radius 2 is 2.12 bits per heavy atom. The number of rotatable bonds is 2. The third-order valence-electron chi connectivity index (χ3n) is 0.999. The summed E-state index contributed by atoms with van der Waals surface area (Å²) in [5, 5.41) is 6.48. The monoisotopic (exact) mass is 113 g/mol. The van der Waals surface area contributed by atoms with Crippen molar-refractivity contribution in [3.63, 3.8) is 0 Å². The van der Waals surface area contributed by atoms with Crippen molar-refractivity contribution >= 4 is 6.01 Å². The Kier molecular flexibility index (Phi) is 3.08. The molecule has 46 valence electrons. The van der Waals surface area contributed by atoms with Crippen LogP contribution in [-0.4, -0.2) is 31.2 Å². The van der Waals surface area contributed by atoms with Gasteiger partial charge in [-0.05, 0) is 21.0 Å². The van der Waals surface area contributed by atoms with Crippen LogP contribution in [0.3, 0.4) is 0 Å². The molecule has 0 heterocycles. The van der Waals surface area contributed by atoms with Crippen LogP contribution in [0, 0.1) is 5.41 Å². The Bertz CT molecular complexity index is 102. The number of nitrogens with one attached hydrogen (secondary N) is 1. The van der Waals surface area contributed by atoms with E-state index in [1.807, 2.05) is 31.9 Å². The van der Waals surface area contributed by atoms with E-state index < -0.39 is 0 Å². The summed E-state index contributed by atoms with van der Waals surface area (Å²) in [7, 11) is 3.82. The van der Waals surface area contributed by atoms with Gasteiger partial charge in [0.2, 0.25) is 0 Å². The molecule has 0 saturated carbocycles. The second-order valence-electron chi connectivity index (χ2n) is 1.84. The average Bonchev–Trinajstić information content (AvgIpc) is 1.67. The largest absolute Gasteiger partial charge is 0.288 e. The molecule has 8 heavy (non-hydrogen) atoms. The maximum absolute atomic E-state index is 6.48. The summed E-state index contributed by atoms with van der Waals surface area (Å²) >= 11 is 0. The van der Waals surface area contributed by atoms with E-state index in [9.17, 15) is 0 Å². The lowest BCUT2D eigenvalue weighted by Gasteiger charge is -2.11. The van der Waals surface area contributed by atoms with Crippen LogP contribution in [-0.2, 0) is 0 Å². The lowest BCUT2D eigenvalue weighted by Crippen LogP contribution is -2.21. The van der Waals surface area contributed by atoms with Crippen molar-refractivity contribution < 1.29 is 0 Å². The summed E-state index contributed by atoms with van der Waals surface area (Å²) in [5.41, 5.74) is 0. The molecule has 3 heteroatoms. The van der Waals surface area contributed by atoms with Crippen LogP contribution in [0.25, 0.3) is 0 Å². The number of hydrogen-bond donors (Lipinski definition) is 1. The Morgan fingerprint density at radius 1 is 1.62 bits per heavy atom. The fourth-order valence-corrected chi connectivity index (χ4v) is 0.209. The lowest BCUT2D eigenvalue weighted by atomic mass is 10.5. The average molecular weight is 113 g/mol. The van der Waals surface area contributed by atoms with Crippen LogP contribution < -0.4 is 0 Å². The highest BCUT2D eigenvalue weighted by atomic mass is 15.2. The summed E-state index contributed by atoms with van der Waals surface area (Å²) in [6.07, 6.45) is 0.0764. The van der Waals surface area contributed by atoms with Crippen molar-refractivity contribution in [2.75, 3.05) is 14.1 Å². The summed E-state index contributed by atoms with van der Waals surface area (Å²) in [6.45, 7) is 1.90. The van der Waals surface area contributed by atoms with E-state index >= 15 is 0 Å². The molecular weight excluding hydrogens is 102 g/mol. The van der Waals surface area contributed by atoms with Gasteiger partial charge in [0.1, 0.15) is 6.17 Å². The van der Waals surface area contributed by atoms with Gasteiger partial charge in [0.15, 0.2) is 0 Å². The molecule has 0 fully saturated rings. The molecule has 0 aliphatic rings. The van der Waals surface area contributed by atoms with Crippen LogP contribution >= 0.6 is 0 Å². The topological polar surface area (TPSA) is 39.5 Å². The maximum atomic E-state index is 6.48. The molecular formula is C5H11N3. The molecule has 0 spiro atoms. The van der Waals surface area contributed by atoms with Gasteiger partial charge in [0, 0.05) is 0 Å². The predicted molar refractivity (Wildman–Crippen MR) is 33.3 cm³/mol. The molecule has 0 aliphatic heterocycles. The summed E-state index contributed by atoms with van der Waals surface area (Å²) in [5.74, 6) is 0. The smallest absolute Gasteiger partial charge is 0.110 e. The molecule has 1 N–H and O–H groups in total. The highest BCUT2D eigenvalue weighted by Gasteiger charge is 1.96. The molecule has 1 unspecified atom stereocenters. The standard InChI is InChI=1S/C5H11N3/c1-5(7-4-6)8(2)3/h5-6H,1-3H3. The van der Waals surface area contributed by atoms with Crippen molar-refractivity contribution in [1.29, 1.82) is 5.41 Å². The molecule has 0 saturated heterocycles. The maximum Gasteiger partial charge on any atom is 0.110 e. The molecule has 3 nitrogen and oxygen atoms in total. The zero-order valence-corrected chi connectivity index (χ0v) is 5.47. The Hall–Kier alpha value is -0.660. The van der Waals surface area contributed by atoms with Crippen LogP contribution in [0.4, 0.5) is 0 Å². The first-order valence-electron chi connectivity index (χ1n) is 2.46. The fourth-order valence-electron chi connectivity index (χ4n) is 0.209. The molecule has 0 rings (SSSR count). The SMILES string of the molecule is CC(N=C=N)N(C)C. The first-order valence-corrected chi connectivity index (χ1v) is 2.46. The van der Waals surface area contributed by atoms with Gasteiger partial charge in [-0.2, -0.15) is 0 Å². The van der Waals surface area contributed by atoms with E-state index in [0.717, 1.165) is 0 Å². The second-order valence-corrected chi connectivity index (χ2v) is 1.84. The predicted octanol–water partition coefficient (Wildman–Crippen LogP) is 0.647. The Morgan fingerprint density at radius 3 is 2.25 bits per heavy atom. The van der Waals surface area contributed by atoms with Crippen molar-refractivity contribution in [2.45, 2.75) is 13.1 Å². The lowest BCUT2D eigenvalue weighted by molar-refractivity contribution is 0.325. The van der Waals surface area contributed by atoms with E-state index in [0.29, 0.717) is 0 Å². The minimum absolute atomic E-state index is 0.0764. The van der Waals surface area contributed by atoms with Crippen LogP contribution in [0.15, 0.2) is 4.99 Å². The van der Waals surface area contributed by atoms with Crippen LogP contribution in [0.2, 0.25) is 0 Å². The Labute approximate surface area is 49.5 Å². The highest BCUT2D eigenvalue weighted by Crippen LogP contribution is 1.88. The number of aliphatic imine (C=N–C) groups is 1. The zero-order valence-electron chi connectivity index (χ0n) is 5.47. The van der Waals surface area contributed by atoms with Gasteiger partial charge in [-0.25, -0.2) is 10.4 Å². The van der Waals surface area contributed by atoms with Crippen LogP contribution in [0.5, 0.6) is 0 Å². The van der Waals surface area contributed by atoms with Gasteiger partial charge >= 0.3 is 0 Å². The molecule has 0 aliphatic carbocycles. The van der Waals surface area contributed by atoms with Gasteiger partial charge in [0.05, 0.1) is 6.01 Å². The van der Waals surface area contributed by atoms with E-state index in [2.05, 4.69) is 4.99 Å². The van der Waals surface area contributed by atoms with E-state index in [1.54, 1.807) is 0 Å². The van der Waals surface area contributed by atoms with Gasteiger partial charge in [-0.3, -0.25) is 4.90 Å². The van der Waals surface area contributed by atoms with E-state index in [4.69, 9.17) is 5.41 Å². The minimum atomic E-state index is 0.0764. The van der Waals surface area contributed by atoms with Crippen molar-refractivity contribution in [2.24, 2.45) is 4.99 Å². The number of hydrogen-bond acceptors (Lipinski definition) is 3. The molecule has 0 aromatic heterocycles. The Balaban J connectivity index is 3.63. The van der Waals surface area contributed by atoms with Gasteiger partial charge in [-0.15, -0.1) is 0 Å². The molecule has 0 aromatic carbocycles. The second kappa shape index (κ2) is 3.36. The molecule has 0 bridgehead atoms. The van der Waals surface area contributed by atoms with Gasteiger partial charge in [-0.1, -0.05) is 0 Å². The third kappa shape index (κ3) is 2.50. The first-order chi connectivity index (χ1) is 3.68. The molecule has 1 atom stereocenters. The van der Waals surface area contributed by atoms with Crippen molar-refractivity contribution in [3.8, 4) is 0 Å². The highest BCUT2D eigenvalue weighted by molar-refractivity contribution is 5.35. The van der Waals surface area contributed by atoms with Crippen LogP contribution in [0.1, 0.15) is 6.92 Å². The fraction of sp³-hybridized carbons (Fsp3) is 0.800. The van der Waals surface area contributed by atoms with Crippen molar-refractivity contribution in [3.05, 3.63) is 0 Å². The molecule has 0 aromatic rings. The third-order valence-corrected chi connectivity index (χ3v) is 0.999. The molecule has 0 amide bonds. The zero-order chi connectivity index (χ0) is 6.57. The molecule has 0 radical (unpaired) electrons. The van der Waals surface area contributed by atoms with E-state index in [1.165, 1.54) is 0 Å².